The second-order valence-corrected chi connectivity index (χ2v) is 3.42. The van der Waals surface area contributed by atoms with Gasteiger partial charge in [-0.3, -0.25) is 0 Å². The molecule has 78 valence electrons. The molecule has 1 aromatic rings. The summed E-state index contributed by atoms with van der Waals surface area (Å²) in [7, 11) is 0. The maximum absolute atomic E-state index is 11.3. The minimum atomic E-state index is -0.204. The molecule has 15 heavy (non-hydrogen) atoms. The number of cyclic esters (lactones) is 1. The third kappa shape index (κ3) is 2.59. The quantitative estimate of drug-likeness (QED) is 0.592. The van der Waals surface area contributed by atoms with Crippen LogP contribution in [0.1, 0.15) is 12.8 Å². The van der Waals surface area contributed by atoms with Crippen LogP contribution in [0.15, 0.2) is 42.1 Å². The topological polar surface area (TPSA) is 38.3 Å². The Bertz CT molecular complexity index is 370. The summed E-state index contributed by atoms with van der Waals surface area (Å²) in [6, 6.07) is 9.74. The first-order chi connectivity index (χ1) is 7.36. The maximum Gasteiger partial charge on any atom is 0.335 e. The van der Waals surface area contributed by atoms with Gasteiger partial charge >= 0.3 is 5.97 Å². The van der Waals surface area contributed by atoms with Gasteiger partial charge in [-0.25, -0.2) is 4.79 Å². The Balaban J connectivity index is 2.01. The van der Waals surface area contributed by atoms with Crippen LogP contribution in [0.3, 0.4) is 0 Å². The second kappa shape index (κ2) is 4.64. The van der Waals surface area contributed by atoms with E-state index >= 15 is 0 Å². The first-order valence-corrected chi connectivity index (χ1v) is 5.04. The first kappa shape index (κ1) is 9.77. The van der Waals surface area contributed by atoms with Crippen LogP contribution in [0, 0.1) is 0 Å². The van der Waals surface area contributed by atoms with E-state index in [4.69, 9.17) is 4.74 Å². The summed E-state index contributed by atoms with van der Waals surface area (Å²) in [5, 5.41) is 3.08. The summed E-state index contributed by atoms with van der Waals surface area (Å²) in [4.78, 5) is 11.3. The highest BCUT2D eigenvalue weighted by Crippen LogP contribution is 2.14. The van der Waals surface area contributed by atoms with Gasteiger partial charge in [0.05, 0.1) is 12.2 Å². The lowest BCUT2D eigenvalue weighted by atomic mass is 10.1. The first-order valence-electron chi connectivity index (χ1n) is 5.04. The molecule has 1 aliphatic heterocycles. The molecule has 0 spiro atoms. The molecular weight excluding hydrogens is 190 g/mol. The minimum Gasteiger partial charge on any atom is -0.462 e. The Hall–Kier alpha value is -1.77. The van der Waals surface area contributed by atoms with Crippen molar-refractivity contribution in [1.82, 2.24) is 0 Å². The number of carbonyl (C=O) groups excluding carboxylic acids is 1. The average molecular weight is 203 g/mol. The van der Waals surface area contributed by atoms with E-state index in [1.165, 1.54) is 0 Å². The zero-order valence-electron chi connectivity index (χ0n) is 8.40. The molecule has 3 heteroatoms. The van der Waals surface area contributed by atoms with E-state index in [9.17, 15) is 4.79 Å². The molecule has 1 aromatic carbocycles. The maximum atomic E-state index is 11.3. The third-order valence-electron chi connectivity index (χ3n) is 2.27. The second-order valence-electron chi connectivity index (χ2n) is 3.42. The van der Waals surface area contributed by atoms with Gasteiger partial charge in [0.2, 0.25) is 0 Å². The summed E-state index contributed by atoms with van der Waals surface area (Å²) in [5.41, 5.74) is 1.69. The predicted molar refractivity (Wildman–Crippen MR) is 58.3 cm³/mol. The van der Waals surface area contributed by atoms with Gasteiger partial charge in [0.15, 0.2) is 0 Å². The van der Waals surface area contributed by atoms with Crippen molar-refractivity contribution in [2.45, 2.75) is 12.8 Å². The third-order valence-corrected chi connectivity index (χ3v) is 2.27. The van der Waals surface area contributed by atoms with Crippen molar-refractivity contribution >= 4 is 11.7 Å². The van der Waals surface area contributed by atoms with Gasteiger partial charge < -0.3 is 10.1 Å². The lowest BCUT2D eigenvalue weighted by Gasteiger charge is -2.13. The normalized spacial score (nSPS) is 18.7. The SMILES string of the molecule is O=C1OCCC/C1=C\Nc1ccccc1. The molecule has 0 unspecified atom stereocenters. The van der Waals surface area contributed by atoms with Crippen molar-refractivity contribution in [3.05, 3.63) is 42.1 Å². The number of nitrogens with one attached hydrogen (secondary N) is 1. The highest BCUT2D eigenvalue weighted by molar-refractivity contribution is 5.89. The number of anilines is 1. The van der Waals surface area contributed by atoms with Crippen LogP contribution in [-0.4, -0.2) is 12.6 Å². The van der Waals surface area contributed by atoms with E-state index < -0.39 is 0 Å². The van der Waals surface area contributed by atoms with Crippen molar-refractivity contribution in [2.75, 3.05) is 11.9 Å². The molecule has 3 nitrogen and oxygen atoms in total. The molecule has 1 aliphatic rings. The van der Waals surface area contributed by atoms with Gasteiger partial charge in [-0.2, -0.15) is 0 Å². The van der Waals surface area contributed by atoms with Gasteiger partial charge in [0.25, 0.3) is 0 Å². The van der Waals surface area contributed by atoms with Crippen molar-refractivity contribution < 1.29 is 9.53 Å². The summed E-state index contributed by atoms with van der Waals surface area (Å²) >= 11 is 0. The lowest BCUT2D eigenvalue weighted by Crippen LogP contribution is -2.16. The van der Waals surface area contributed by atoms with Gasteiger partial charge in [-0.15, -0.1) is 0 Å². The van der Waals surface area contributed by atoms with E-state index in [0.717, 1.165) is 18.5 Å². The van der Waals surface area contributed by atoms with E-state index in [-0.39, 0.29) is 5.97 Å². The predicted octanol–water partition coefficient (Wildman–Crippen LogP) is 2.32. The standard InChI is InChI=1S/C12H13NO2/c14-12-10(5-4-8-15-12)9-13-11-6-2-1-3-7-11/h1-3,6-7,9,13H,4-5,8H2/b10-9+. The molecule has 0 saturated carbocycles. The molecule has 1 heterocycles. The molecule has 1 N–H and O–H groups in total. The fourth-order valence-electron chi connectivity index (χ4n) is 1.46. The molecule has 0 atom stereocenters. The summed E-state index contributed by atoms with van der Waals surface area (Å²) < 4.78 is 4.93. The number of benzene rings is 1. The van der Waals surface area contributed by atoms with Crippen LogP contribution in [0.25, 0.3) is 0 Å². The van der Waals surface area contributed by atoms with Crippen molar-refractivity contribution in [2.24, 2.45) is 0 Å². The van der Waals surface area contributed by atoms with Crippen LogP contribution < -0.4 is 5.32 Å². The highest BCUT2D eigenvalue weighted by Gasteiger charge is 2.15. The minimum absolute atomic E-state index is 0.204. The Kier molecular flexibility index (Phi) is 3.02. The van der Waals surface area contributed by atoms with E-state index in [1.54, 1.807) is 6.20 Å². The zero-order chi connectivity index (χ0) is 10.5. The fourth-order valence-corrected chi connectivity index (χ4v) is 1.46. The fraction of sp³-hybridized carbons (Fsp3) is 0.250. The molecular formula is C12H13NO2. The Morgan fingerprint density at radius 1 is 1.27 bits per heavy atom. The Morgan fingerprint density at radius 2 is 2.07 bits per heavy atom. The molecule has 0 radical (unpaired) electrons. The van der Waals surface area contributed by atoms with Gasteiger partial charge in [-0.05, 0) is 25.0 Å². The molecule has 0 amide bonds. The van der Waals surface area contributed by atoms with Gasteiger partial charge in [0.1, 0.15) is 0 Å². The molecule has 0 bridgehead atoms. The van der Waals surface area contributed by atoms with E-state index in [1.807, 2.05) is 30.3 Å². The number of para-hydroxylation sites is 1. The van der Waals surface area contributed by atoms with Gasteiger partial charge in [-0.1, -0.05) is 18.2 Å². The molecule has 0 aromatic heterocycles. The summed E-state index contributed by atoms with van der Waals surface area (Å²) in [6.07, 6.45) is 3.43. The largest absolute Gasteiger partial charge is 0.462 e. The van der Waals surface area contributed by atoms with Crippen molar-refractivity contribution in [3.63, 3.8) is 0 Å². The average Bonchev–Trinajstić information content (AvgIpc) is 2.29. The number of hydrogen-bond acceptors (Lipinski definition) is 3. The van der Waals surface area contributed by atoms with Crippen LogP contribution in [-0.2, 0) is 9.53 Å². The van der Waals surface area contributed by atoms with Crippen molar-refractivity contribution in [3.8, 4) is 0 Å². The highest BCUT2D eigenvalue weighted by atomic mass is 16.5. The smallest absolute Gasteiger partial charge is 0.335 e. The zero-order valence-corrected chi connectivity index (χ0v) is 8.40. The molecule has 1 saturated heterocycles. The molecule has 0 aliphatic carbocycles. The Morgan fingerprint density at radius 3 is 2.80 bits per heavy atom. The Labute approximate surface area is 88.8 Å². The van der Waals surface area contributed by atoms with E-state index in [0.29, 0.717) is 12.2 Å². The number of rotatable bonds is 2. The number of hydrogen-bond donors (Lipinski definition) is 1. The molecule has 1 fully saturated rings. The monoisotopic (exact) mass is 203 g/mol. The van der Waals surface area contributed by atoms with Gasteiger partial charge in [0, 0.05) is 11.9 Å². The van der Waals surface area contributed by atoms with E-state index in [2.05, 4.69) is 5.32 Å². The van der Waals surface area contributed by atoms with Crippen LogP contribution in [0.5, 0.6) is 0 Å². The number of esters is 1. The van der Waals surface area contributed by atoms with Crippen LogP contribution in [0.2, 0.25) is 0 Å². The summed E-state index contributed by atoms with van der Waals surface area (Å²) in [5.74, 6) is -0.204. The number of carbonyl (C=O) groups is 1. The summed E-state index contributed by atoms with van der Waals surface area (Å²) in [6.45, 7) is 0.543. The van der Waals surface area contributed by atoms with Crippen LogP contribution >= 0.6 is 0 Å². The lowest BCUT2D eigenvalue weighted by molar-refractivity contribution is -0.141. The number of ether oxygens (including phenoxy) is 1. The van der Waals surface area contributed by atoms with Crippen LogP contribution in [0.4, 0.5) is 5.69 Å². The molecule has 2 rings (SSSR count). The van der Waals surface area contributed by atoms with Crippen molar-refractivity contribution in [1.29, 1.82) is 0 Å².